The van der Waals surface area contributed by atoms with Gasteiger partial charge in [-0.2, -0.15) is 5.10 Å². The summed E-state index contributed by atoms with van der Waals surface area (Å²) in [6, 6.07) is 17.5. The molecule has 37 heavy (non-hydrogen) atoms. The molecule has 2 heterocycles. The van der Waals surface area contributed by atoms with E-state index in [2.05, 4.69) is 20.8 Å². The van der Waals surface area contributed by atoms with E-state index in [0.29, 0.717) is 57.6 Å². The fourth-order valence-corrected chi connectivity index (χ4v) is 4.34. The van der Waals surface area contributed by atoms with E-state index in [-0.39, 0.29) is 11.7 Å². The number of rotatable bonds is 6. The van der Waals surface area contributed by atoms with Crippen molar-refractivity contribution >= 4 is 34.8 Å². The van der Waals surface area contributed by atoms with E-state index in [1.165, 1.54) is 0 Å². The summed E-state index contributed by atoms with van der Waals surface area (Å²) in [5.41, 5.74) is 5.53. The predicted molar refractivity (Wildman–Crippen MR) is 141 cm³/mol. The summed E-state index contributed by atoms with van der Waals surface area (Å²) < 4.78 is 11.9. The number of amides is 2. The SMILES string of the molecule is Cc1c(C(=O)Nc2cc(Cl)ccc2Oc2ccccc2)oc2c1/C(=N/NC(=O)c1ccncc1)CCC2. The van der Waals surface area contributed by atoms with Crippen molar-refractivity contribution < 1.29 is 18.7 Å². The van der Waals surface area contributed by atoms with Crippen LogP contribution in [0, 0.1) is 6.92 Å². The van der Waals surface area contributed by atoms with Gasteiger partial charge in [0.1, 0.15) is 11.5 Å². The van der Waals surface area contributed by atoms with Gasteiger partial charge >= 0.3 is 0 Å². The van der Waals surface area contributed by atoms with Gasteiger partial charge in [0.25, 0.3) is 11.8 Å². The molecule has 0 atom stereocenters. The molecule has 0 fully saturated rings. The Kier molecular flexibility index (Phi) is 7.00. The van der Waals surface area contributed by atoms with E-state index < -0.39 is 5.91 Å². The van der Waals surface area contributed by atoms with Gasteiger partial charge in [-0.05, 0) is 62.2 Å². The van der Waals surface area contributed by atoms with Crippen molar-refractivity contribution in [1.82, 2.24) is 10.4 Å². The minimum Gasteiger partial charge on any atom is -0.455 e. The molecule has 0 spiro atoms. The molecule has 4 aromatic rings. The van der Waals surface area contributed by atoms with Gasteiger partial charge < -0.3 is 14.5 Å². The van der Waals surface area contributed by atoms with Crippen molar-refractivity contribution in [2.24, 2.45) is 5.10 Å². The third-order valence-electron chi connectivity index (χ3n) is 5.93. The topological polar surface area (TPSA) is 106 Å². The Balaban J connectivity index is 1.39. The quantitative estimate of drug-likeness (QED) is 0.300. The molecule has 0 aliphatic heterocycles. The van der Waals surface area contributed by atoms with Gasteiger partial charge in [0.05, 0.1) is 11.4 Å². The highest BCUT2D eigenvalue weighted by molar-refractivity contribution is 6.31. The molecule has 0 saturated carbocycles. The first-order chi connectivity index (χ1) is 18.0. The number of ether oxygens (including phenoxy) is 1. The van der Waals surface area contributed by atoms with Crippen LogP contribution in [0.25, 0.3) is 0 Å². The first kappa shape index (κ1) is 24.3. The molecule has 2 amide bonds. The zero-order chi connectivity index (χ0) is 25.8. The molecule has 0 unspecified atom stereocenters. The predicted octanol–water partition coefficient (Wildman–Crippen LogP) is 6.15. The number of aromatic nitrogens is 1. The fraction of sp³-hybridized carbons (Fsp3) is 0.143. The lowest BCUT2D eigenvalue weighted by Crippen LogP contribution is -2.22. The number of halogens is 1. The van der Waals surface area contributed by atoms with Gasteiger partial charge in [-0.25, -0.2) is 5.43 Å². The number of fused-ring (bicyclic) bond motifs is 1. The number of benzene rings is 2. The second-order valence-electron chi connectivity index (χ2n) is 8.45. The first-order valence-corrected chi connectivity index (χ1v) is 12.1. The highest BCUT2D eigenvalue weighted by Gasteiger charge is 2.28. The molecule has 0 radical (unpaired) electrons. The molecular formula is C28H23ClN4O4. The number of hydrazone groups is 1. The second-order valence-corrected chi connectivity index (χ2v) is 8.89. The largest absolute Gasteiger partial charge is 0.455 e. The fourth-order valence-electron chi connectivity index (χ4n) is 4.17. The van der Waals surface area contributed by atoms with Crippen molar-refractivity contribution in [2.45, 2.75) is 26.2 Å². The summed E-state index contributed by atoms with van der Waals surface area (Å²) in [6.45, 7) is 1.81. The minimum atomic E-state index is -0.438. The van der Waals surface area contributed by atoms with Crippen LogP contribution < -0.4 is 15.5 Å². The summed E-state index contributed by atoms with van der Waals surface area (Å²) >= 11 is 6.20. The number of para-hydroxylation sites is 1. The van der Waals surface area contributed by atoms with Crippen LogP contribution in [0.1, 0.15) is 50.6 Å². The second kappa shape index (κ2) is 10.7. The average molecular weight is 515 g/mol. The van der Waals surface area contributed by atoms with E-state index in [4.69, 9.17) is 20.8 Å². The van der Waals surface area contributed by atoms with Crippen molar-refractivity contribution in [3.05, 3.63) is 106 Å². The van der Waals surface area contributed by atoms with Gasteiger partial charge in [-0.15, -0.1) is 0 Å². The number of nitrogens with zero attached hydrogens (tertiary/aromatic N) is 2. The number of hydrogen-bond acceptors (Lipinski definition) is 6. The zero-order valence-corrected chi connectivity index (χ0v) is 20.7. The summed E-state index contributed by atoms with van der Waals surface area (Å²) in [6.07, 6.45) is 5.19. The molecule has 186 valence electrons. The average Bonchev–Trinajstić information content (AvgIpc) is 3.27. The number of carbonyl (C=O) groups excluding carboxylic acids is 2. The van der Waals surface area contributed by atoms with Crippen LogP contribution in [0.2, 0.25) is 5.02 Å². The Morgan fingerprint density at radius 1 is 1.03 bits per heavy atom. The van der Waals surface area contributed by atoms with Crippen molar-refractivity contribution in [3.63, 3.8) is 0 Å². The molecule has 5 rings (SSSR count). The molecule has 2 N–H and O–H groups in total. The van der Waals surface area contributed by atoms with E-state index in [1.54, 1.807) is 42.7 Å². The zero-order valence-electron chi connectivity index (χ0n) is 20.0. The van der Waals surface area contributed by atoms with E-state index in [1.807, 2.05) is 37.3 Å². The molecule has 9 heteroatoms. The van der Waals surface area contributed by atoms with Crippen molar-refractivity contribution in [2.75, 3.05) is 5.32 Å². The van der Waals surface area contributed by atoms with Gasteiger partial charge in [0.15, 0.2) is 11.5 Å². The number of nitrogens with one attached hydrogen (secondary N) is 2. The summed E-state index contributed by atoms with van der Waals surface area (Å²) in [7, 11) is 0. The minimum absolute atomic E-state index is 0.172. The van der Waals surface area contributed by atoms with Crippen LogP contribution in [0.4, 0.5) is 5.69 Å². The molecule has 0 saturated heterocycles. The van der Waals surface area contributed by atoms with Crippen LogP contribution in [-0.4, -0.2) is 22.5 Å². The lowest BCUT2D eigenvalue weighted by Gasteiger charge is -2.13. The number of hydrogen-bond donors (Lipinski definition) is 2. The van der Waals surface area contributed by atoms with E-state index >= 15 is 0 Å². The lowest BCUT2D eigenvalue weighted by atomic mass is 9.93. The number of furan rings is 1. The maximum atomic E-state index is 13.3. The monoisotopic (exact) mass is 514 g/mol. The number of aryl methyl sites for hydroxylation is 1. The Bertz CT molecular complexity index is 1480. The van der Waals surface area contributed by atoms with E-state index in [9.17, 15) is 9.59 Å². The number of anilines is 1. The third kappa shape index (κ3) is 5.39. The lowest BCUT2D eigenvalue weighted by molar-refractivity contribution is 0.0953. The number of pyridine rings is 1. The standard InChI is InChI=1S/C28H23ClN4O4/c1-17-25-21(32-33-27(34)18-12-14-30-15-13-18)8-5-9-24(25)37-26(17)28(35)31-22-16-19(29)10-11-23(22)36-20-6-3-2-4-7-20/h2-4,6-7,10-16H,5,8-9H2,1H3,(H,31,35)(H,33,34)/b32-21+. The van der Waals surface area contributed by atoms with Crippen molar-refractivity contribution in [3.8, 4) is 11.5 Å². The van der Waals surface area contributed by atoms with Crippen LogP contribution in [0.5, 0.6) is 11.5 Å². The van der Waals surface area contributed by atoms with Crippen molar-refractivity contribution in [1.29, 1.82) is 0 Å². The maximum absolute atomic E-state index is 13.3. The molecule has 2 aromatic heterocycles. The molecule has 1 aliphatic carbocycles. The van der Waals surface area contributed by atoms with Gasteiger partial charge in [0, 0.05) is 40.5 Å². The molecule has 8 nitrogen and oxygen atoms in total. The Morgan fingerprint density at radius 2 is 1.81 bits per heavy atom. The highest BCUT2D eigenvalue weighted by Crippen LogP contribution is 2.34. The Labute approximate surface area is 218 Å². The molecular weight excluding hydrogens is 492 g/mol. The van der Waals surface area contributed by atoms with E-state index in [0.717, 1.165) is 12.0 Å². The third-order valence-corrected chi connectivity index (χ3v) is 6.16. The van der Waals surface area contributed by atoms with Crippen LogP contribution in [-0.2, 0) is 6.42 Å². The van der Waals surface area contributed by atoms with Gasteiger partial charge in [-0.3, -0.25) is 14.6 Å². The summed E-state index contributed by atoms with van der Waals surface area (Å²) in [5.74, 6) is 1.13. The van der Waals surface area contributed by atoms with Crippen LogP contribution in [0.3, 0.4) is 0 Å². The number of carbonyl (C=O) groups is 2. The Morgan fingerprint density at radius 3 is 2.59 bits per heavy atom. The normalized spacial score (nSPS) is 13.6. The maximum Gasteiger partial charge on any atom is 0.291 e. The first-order valence-electron chi connectivity index (χ1n) is 11.7. The van der Waals surface area contributed by atoms with Gasteiger partial charge in [-0.1, -0.05) is 29.8 Å². The Hall–Kier alpha value is -4.43. The van der Waals surface area contributed by atoms with Crippen LogP contribution in [0.15, 0.2) is 82.6 Å². The smallest absolute Gasteiger partial charge is 0.291 e. The molecule has 1 aliphatic rings. The molecule has 0 bridgehead atoms. The summed E-state index contributed by atoms with van der Waals surface area (Å²) in [4.78, 5) is 29.7. The molecule has 2 aromatic carbocycles. The highest BCUT2D eigenvalue weighted by atomic mass is 35.5. The van der Waals surface area contributed by atoms with Crippen LogP contribution >= 0.6 is 11.6 Å². The van der Waals surface area contributed by atoms with Gasteiger partial charge in [0.2, 0.25) is 0 Å². The summed E-state index contributed by atoms with van der Waals surface area (Å²) in [5, 5.41) is 7.67.